The van der Waals surface area contributed by atoms with Gasteiger partial charge in [-0.15, -0.1) is 0 Å². The van der Waals surface area contributed by atoms with Crippen LogP contribution in [0.25, 0.3) is 11.2 Å². The molecule has 0 aromatic carbocycles. The Morgan fingerprint density at radius 3 is 1.78 bits per heavy atom. The van der Waals surface area contributed by atoms with Gasteiger partial charge in [-0.25, -0.2) is 15.0 Å². The Hall–Kier alpha value is -3.29. The topological polar surface area (TPSA) is 122 Å². The zero-order valence-corrected chi connectivity index (χ0v) is 21.4. The van der Waals surface area contributed by atoms with Crippen LogP contribution in [0.5, 0.6) is 0 Å². The van der Waals surface area contributed by atoms with E-state index in [1.165, 1.54) is 5.32 Å². The van der Waals surface area contributed by atoms with Gasteiger partial charge in [-0.3, -0.25) is 9.36 Å². The van der Waals surface area contributed by atoms with Crippen LogP contribution in [0.4, 0.5) is 80.5 Å². The number of fused-ring (bicyclic) bond motifs is 1. The average Bonchev–Trinajstić information content (AvgIpc) is 3.50. The Morgan fingerprint density at radius 1 is 0.804 bits per heavy atom. The fourth-order valence-electron chi connectivity index (χ4n) is 3.89. The maximum Gasteiger partial charge on any atom is 0.460 e. The van der Waals surface area contributed by atoms with Crippen LogP contribution in [0.2, 0.25) is 0 Å². The highest BCUT2D eigenvalue weighted by molar-refractivity contribution is 5.97. The molecule has 1 fully saturated rings. The molecular formula is C20H14F17N5O4. The summed E-state index contributed by atoms with van der Waals surface area (Å²) in [6.45, 7) is -0.662. The Bertz CT molecular complexity index is 1450. The molecule has 0 bridgehead atoms. The molecule has 0 aliphatic carbocycles. The van der Waals surface area contributed by atoms with E-state index < -0.39 is 96.3 Å². The number of carbonyl (C=O) groups excluding carboxylic acids is 1. The molecule has 9 nitrogen and oxygen atoms in total. The van der Waals surface area contributed by atoms with Crippen molar-refractivity contribution in [1.29, 1.82) is 0 Å². The molecule has 3 atom stereocenters. The van der Waals surface area contributed by atoms with E-state index in [1.807, 2.05) is 0 Å². The number of nitrogens with one attached hydrogen (secondary N) is 1. The van der Waals surface area contributed by atoms with E-state index in [-0.39, 0.29) is 12.1 Å². The number of rotatable bonds is 11. The zero-order chi connectivity index (χ0) is 35.7. The van der Waals surface area contributed by atoms with Crippen LogP contribution in [0, 0.1) is 0 Å². The molecule has 3 N–H and O–H groups in total. The minimum Gasteiger partial charge on any atom is -0.394 e. The van der Waals surface area contributed by atoms with E-state index >= 15 is 0 Å². The highest BCUT2D eigenvalue weighted by Gasteiger charge is 2.95. The Morgan fingerprint density at radius 2 is 1.30 bits per heavy atom. The van der Waals surface area contributed by atoms with Gasteiger partial charge in [-0.05, 0) is 0 Å². The summed E-state index contributed by atoms with van der Waals surface area (Å²) < 4.78 is 235. The average molecular weight is 711 g/mol. The molecule has 2 aromatic rings. The smallest absolute Gasteiger partial charge is 0.394 e. The summed E-state index contributed by atoms with van der Waals surface area (Å²) in [4.78, 5) is 22.7. The third-order valence-corrected chi connectivity index (χ3v) is 6.48. The maximum atomic E-state index is 14.2. The van der Waals surface area contributed by atoms with Gasteiger partial charge in [0, 0.05) is 6.42 Å². The summed E-state index contributed by atoms with van der Waals surface area (Å²) >= 11 is 0. The van der Waals surface area contributed by atoms with Gasteiger partial charge >= 0.3 is 47.6 Å². The first-order valence-electron chi connectivity index (χ1n) is 11.7. The predicted octanol–water partition coefficient (Wildman–Crippen LogP) is 4.81. The Kier molecular flexibility index (Phi) is 9.02. The summed E-state index contributed by atoms with van der Waals surface area (Å²) in [7, 11) is 0. The van der Waals surface area contributed by atoms with Gasteiger partial charge in [0.05, 0.1) is 25.5 Å². The molecule has 0 radical (unpaired) electrons. The third kappa shape index (κ3) is 5.33. The minimum absolute atomic E-state index is 0.207. The zero-order valence-electron chi connectivity index (χ0n) is 21.4. The Labute approximate surface area is 241 Å². The van der Waals surface area contributed by atoms with Crippen molar-refractivity contribution in [2.75, 3.05) is 11.9 Å². The second kappa shape index (κ2) is 11.2. The molecule has 0 spiro atoms. The lowest BCUT2D eigenvalue weighted by Crippen LogP contribution is -2.74. The number of alkyl halides is 17. The molecule has 3 rings (SSSR count). The largest absolute Gasteiger partial charge is 0.460 e. The monoisotopic (exact) mass is 711 g/mol. The summed E-state index contributed by atoms with van der Waals surface area (Å²) in [6.07, 6.45) is -13.5. The first kappa shape index (κ1) is 37.2. The van der Waals surface area contributed by atoms with E-state index in [9.17, 15) is 84.5 Å². The van der Waals surface area contributed by atoms with E-state index in [4.69, 9.17) is 9.84 Å². The van der Waals surface area contributed by atoms with Crippen LogP contribution in [0.3, 0.4) is 0 Å². The number of ether oxygens (including phenoxy) is 1. The van der Waals surface area contributed by atoms with Gasteiger partial charge < -0.3 is 20.3 Å². The van der Waals surface area contributed by atoms with Crippen molar-refractivity contribution in [1.82, 2.24) is 19.5 Å². The van der Waals surface area contributed by atoms with Crippen LogP contribution in [0.15, 0.2) is 12.7 Å². The Balaban J connectivity index is 1.89. The number of amides is 1. The summed E-state index contributed by atoms with van der Waals surface area (Å²) in [5, 5.41) is 20.3. The van der Waals surface area contributed by atoms with Crippen LogP contribution in [-0.4, -0.2) is 102 Å². The van der Waals surface area contributed by atoms with Gasteiger partial charge in [0.2, 0.25) is 5.91 Å². The van der Waals surface area contributed by atoms with E-state index in [0.717, 1.165) is 10.9 Å². The standard InChI is InChI=1S/C20H14F17N5O4/c21-13(22,14(23,24)15(25,26)16(27,28)17(29,30)18(31,32)19(33,34)20(35,36)37)2-8(45)41-11-10-12(39-4-38-11)42(5-40-10)9-1-6(44)7(3-43)46-9/h4-7,9,43-44H,1-3H2,(H,38,39,41,45)/t6-,7?,9?/m1/s1. The molecule has 26 heteroatoms. The first-order chi connectivity index (χ1) is 20.5. The minimum atomic E-state index is -8.79. The van der Waals surface area contributed by atoms with Gasteiger partial charge in [0.25, 0.3) is 0 Å². The van der Waals surface area contributed by atoms with Gasteiger partial charge in [0.1, 0.15) is 18.7 Å². The van der Waals surface area contributed by atoms with Crippen molar-refractivity contribution in [2.24, 2.45) is 0 Å². The van der Waals surface area contributed by atoms with Gasteiger partial charge in [-0.2, -0.15) is 74.6 Å². The van der Waals surface area contributed by atoms with E-state index in [2.05, 4.69) is 15.0 Å². The molecule has 46 heavy (non-hydrogen) atoms. The highest BCUT2D eigenvalue weighted by Crippen LogP contribution is 2.64. The predicted molar refractivity (Wildman–Crippen MR) is 111 cm³/mol. The lowest BCUT2D eigenvalue weighted by atomic mass is 9.88. The van der Waals surface area contributed by atoms with Crippen molar-refractivity contribution in [3.63, 3.8) is 0 Å². The lowest BCUT2D eigenvalue weighted by molar-refractivity contribution is -0.461. The number of halogens is 17. The van der Waals surface area contributed by atoms with E-state index in [1.54, 1.807) is 0 Å². The number of nitrogens with zero attached hydrogens (tertiary/aromatic N) is 4. The number of imidazole rings is 1. The third-order valence-electron chi connectivity index (χ3n) is 6.48. The summed E-state index contributed by atoms with van der Waals surface area (Å²) in [5.41, 5.74) is -0.955. The number of carbonyl (C=O) groups is 1. The van der Waals surface area contributed by atoms with Crippen molar-refractivity contribution >= 4 is 22.9 Å². The van der Waals surface area contributed by atoms with Crippen LogP contribution in [-0.2, 0) is 9.53 Å². The highest BCUT2D eigenvalue weighted by atomic mass is 19.4. The molecule has 2 aromatic heterocycles. The van der Waals surface area contributed by atoms with Crippen molar-refractivity contribution < 1.29 is 94.4 Å². The SMILES string of the molecule is O=C(CC(F)(F)C(F)(F)C(F)(F)C(F)(F)C(F)(F)C(F)(F)C(F)(F)C(F)(F)F)Nc1ncnc2c1ncn2C1C[C@@H](O)C(CO)O1. The van der Waals surface area contributed by atoms with Crippen molar-refractivity contribution in [3.05, 3.63) is 12.7 Å². The van der Waals surface area contributed by atoms with Crippen LogP contribution in [0.1, 0.15) is 19.1 Å². The fourth-order valence-corrected chi connectivity index (χ4v) is 3.89. The van der Waals surface area contributed by atoms with Crippen LogP contribution >= 0.6 is 0 Å². The molecule has 262 valence electrons. The molecule has 2 unspecified atom stereocenters. The van der Waals surface area contributed by atoms with Crippen LogP contribution < -0.4 is 5.32 Å². The molecule has 1 aliphatic heterocycles. The molecule has 1 aliphatic rings. The van der Waals surface area contributed by atoms with Gasteiger partial charge in [0.15, 0.2) is 17.0 Å². The molecular weight excluding hydrogens is 697 g/mol. The number of anilines is 1. The lowest BCUT2D eigenvalue weighted by Gasteiger charge is -2.42. The quantitative estimate of drug-likeness (QED) is 0.287. The number of hydrogen-bond donors (Lipinski definition) is 3. The number of aromatic nitrogens is 4. The molecule has 1 saturated heterocycles. The number of hydrogen-bond acceptors (Lipinski definition) is 7. The maximum absolute atomic E-state index is 14.2. The number of aliphatic hydroxyl groups is 2. The normalized spacial score (nSPS) is 21.2. The van der Waals surface area contributed by atoms with Crippen molar-refractivity contribution in [2.45, 2.75) is 78.9 Å². The molecule has 3 heterocycles. The van der Waals surface area contributed by atoms with Gasteiger partial charge in [-0.1, -0.05) is 0 Å². The van der Waals surface area contributed by atoms with E-state index in [0.29, 0.717) is 6.33 Å². The summed E-state index contributed by atoms with van der Waals surface area (Å²) in [6, 6.07) is 0. The fraction of sp³-hybridized carbons (Fsp3) is 0.700. The summed E-state index contributed by atoms with van der Waals surface area (Å²) in [5.74, 6) is -61.5. The second-order valence-corrected chi connectivity index (χ2v) is 9.53. The van der Waals surface area contributed by atoms with Crippen molar-refractivity contribution in [3.8, 4) is 0 Å². The number of aliphatic hydroxyl groups excluding tert-OH is 2. The second-order valence-electron chi connectivity index (χ2n) is 9.53. The molecule has 1 amide bonds. The first-order valence-corrected chi connectivity index (χ1v) is 11.7. The molecule has 0 saturated carbocycles.